The summed E-state index contributed by atoms with van der Waals surface area (Å²) in [5, 5.41) is 8.13. The van der Waals surface area contributed by atoms with Crippen LogP contribution in [0.1, 0.15) is 11.1 Å². The summed E-state index contributed by atoms with van der Waals surface area (Å²) in [7, 11) is -3.70. The Morgan fingerprint density at radius 3 is 2.50 bits per heavy atom. The Morgan fingerprint density at radius 2 is 1.80 bits per heavy atom. The Bertz CT molecular complexity index is 702. The normalized spacial score (nSPS) is 11.5. The zero-order chi connectivity index (χ0) is 14.6. The lowest BCUT2D eigenvalue weighted by molar-refractivity contribution is 0.587. The molecule has 0 aromatic heterocycles. The van der Waals surface area contributed by atoms with Crippen molar-refractivity contribution in [1.29, 1.82) is 0 Å². The van der Waals surface area contributed by atoms with Crippen molar-refractivity contribution in [3.05, 3.63) is 65.5 Å². The Balaban J connectivity index is 2.00. The first-order valence-corrected chi connectivity index (χ1v) is 7.57. The molecule has 0 unspecified atom stereocenters. The van der Waals surface area contributed by atoms with Crippen molar-refractivity contribution >= 4 is 10.0 Å². The second-order valence-electron chi connectivity index (χ2n) is 4.39. The zero-order valence-corrected chi connectivity index (χ0v) is 11.5. The summed E-state index contributed by atoms with van der Waals surface area (Å²) in [5.74, 6) is -0.265. The number of hydrogen-bond donors (Lipinski definition) is 2. The van der Waals surface area contributed by atoms with Gasteiger partial charge in [0.2, 0.25) is 10.0 Å². The number of nitrogens with one attached hydrogen (secondary N) is 1. The third-order valence-electron chi connectivity index (χ3n) is 2.83. The number of benzene rings is 2. The standard InChI is InChI=1S/C14H15FN2O2S/c15-14-7-2-1-5-12(14)10-17-9-11-4-3-6-13(8-11)20(16,18)19/h1-8,17H,9-10H2,(H2,16,18,19). The van der Waals surface area contributed by atoms with E-state index in [0.29, 0.717) is 18.7 Å². The van der Waals surface area contributed by atoms with E-state index in [1.807, 2.05) is 0 Å². The van der Waals surface area contributed by atoms with Gasteiger partial charge in [-0.3, -0.25) is 0 Å². The molecule has 0 aliphatic heterocycles. The van der Waals surface area contributed by atoms with Crippen LogP contribution in [0.4, 0.5) is 4.39 Å². The molecule has 2 aromatic carbocycles. The Morgan fingerprint density at radius 1 is 1.05 bits per heavy atom. The van der Waals surface area contributed by atoms with Gasteiger partial charge < -0.3 is 5.32 Å². The van der Waals surface area contributed by atoms with Gasteiger partial charge in [-0.2, -0.15) is 0 Å². The van der Waals surface area contributed by atoms with Gasteiger partial charge in [0.25, 0.3) is 0 Å². The fraction of sp³-hybridized carbons (Fsp3) is 0.143. The minimum absolute atomic E-state index is 0.0719. The van der Waals surface area contributed by atoms with Gasteiger partial charge in [0, 0.05) is 18.7 Å². The molecule has 0 saturated carbocycles. The Kier molecular flexibility index (Phi) is 4.49. The minimum Gasteiger partial charge on any atom is -0.309 e. The van der Waals surface area contributed by atoms with Crippen LogP contribution in [0, 0.1) is 5.82 Å². The average molecular weight is 294 g/mol. The molecule has 0 radical (unpaired) electrons. The summed E-state index contributed by atoms with van der Waals surface area (Å²) in [6.07, 6.45) is 0. The third kappa shape index (κ3) is 3.86. The van der Waals surface area contributed by atoms with E-state index in [1.54, 1.807) is 30.3 Å². The summed E-state index contributed by atoms with van der Waals surface area (Å²) in [6, 6.07) is 12.8. The SMILES string of the molecule is NS(=O)(=O)c1cccc(CNCc2ccccc2F)c1. The summed E-state index contributed by atoms with van der Waals surface area (Å²) in [5.41, 5.74) is 1.34. The molecule has 0 heterocycles. The maximum absolute atomic E-state index is 13.4. The van der Waals surface area contributed by atoms with E-state index in [2.05, 4.69) is 5.32 Å². The molecular weight excluding hydrogens is 279 g/mol. The maximum atomic E-state index is 13.4. The predicted molar refractivity (Wildman–Crippen MR) is 74.8 cm³/mol. The van der Waals surface area contributed by atoms with E-state index in [0.717, 1.165) is 5.56 Å². The fourth-order valence-corrected chi connectivity index (χ4v) is 2.40. The highest BCUT2D eigenvalue weighted by molar-refractivity contribution is 7.89. The van der Waals surface area contributed by atoms with Crippen LogP contribution >= 0.6 is 0 Å². The number of nitrogens with two attached hydrogens (primary N) is 1. The largest absolute Gasteiger partial charge is 0.309 e. The third-order valence-corrected chi connectivity index (χ3v) is 3.74. The molecule has 20 heavy (non-hydrogen) atoms. The van der Waals surface area contributed by atoms with E-state index >= 15 is 0 Å². The van der Waals surface area contributed by atoms with E-state index in [4.69, 9.17) is 5.14 Å². The van der Waals surface area contributed by atoms with Crippen molar-refractivity contribution in [2.24, 2.45) is 5.14 Å². The van der Waals surface area contributed by atoms with Gasteiger partial charge in [-0.1, -0.05) is 30.3 Å². The molecule has 2 aromatic rings. The summed E-state index contributed by atoms with van der Waals surface area (Å²) in [6.45, 7) is 0.796. The minimum atomic E-state index is -3.70. The molecular formula is C14H15FN2O2S. The van der Waals surface area contributed by atoms with Gasteiger partial charge in [0.15, 0.2) is 0 Å². The van der Waals surface area contributed by atoms with Gasteiger partial charge in [-0.15, -0.1) is 0 Å². The van der Waals surface area contributed by atoms with Crippen molar-refractivity contribution in [1.82, 2.24) is 5.32 Å². The Labute approximate surface area is 117 Å². The lowest BCUT2D eigenvalue weighted by atomic mass is 10.2. The average Bonchev–Trinajstić information content (AvgIpc) is 2.40. The fourth-order valence-electron chi connectivity index (χ4n) is 1.82. The molecule has 3 N–H and O–H groups in total. The van der Waals surface area contributed by atoms with Crippen LogP contribution in [0.25, 0.3) is 0 Å². The summed E-state index contributed by atoms with van der Waals surface area (Å²) in [4.78, 5) is 0.0719. The van der Waals surface area contributed by atoms with E-state index < -0.39 is 10.0 Å². The van der Waals surface area contributed by atoms with Crippen LogP contribution in [0.2, 0.25) is 0 Å². The van der Waals surface area contributed by atoms with Crippen LogP contribution in [0.5, 0.6) is 0 Å². The van der Waals surface area contributed by atoms with Gasteiger partial charge >= 0.3 is 0 Å². The number of hydrogen-bond acceptors (Lipinski definition) is 3. The number of primary sulfonamides is 1. The Hall–Kier alpha value is -1.76. The first-order valence-electron chi connectivity index (χ1n) is 6.03. The first kappa shape index (κ1) is 14.6. The molecule has 0 amide bonds. The van der Waals surface area contributed by atoms with E-state index in [9.17, 15) is 12.8 Å². The second-order valence-corrected chi connectivity index (χ2v) is 5.95. The van der Waals surface area contributed by atoms with Crippen molar-refractivity contribution in [2.45, 2.75) is 18.0 Å². The highest BCUT2D eigenvalue weighted by Gasteiger charge is 2.07. The molecule has 0 saturated heterocycles. The monoisotopic (exact) mass is 294 g/mol. The van der Waals surface area contributed by atoms with Crippen molar-refractivity contribution in [3.63, 3.8) is 0 Å². The summed E-state index contributed by atoms with van der Waals surface area (Å²) < 4.78 is 35.9. The highest BCUT2D eigenvalue weighted by Crippen LogP contribution is 2.10. The molecule has 0 bridgehead atoms. The molecule has 2 rings (SSSR count). The van der Waals surface area contributed by atoms with Crippen LogP contribution < -0.4 is 10.5 Å². The predicted octanol–water partition coefficient (Wildman–Crippen LogP) is 1.76. The topological polar surface area (TPSA) is 72.2 Å². The van der Waals surface area contributed by atoms with Gasteiger partial charge in [-0.25, -0.2) is 17.9 Å². The molecule has 0 spiro atoms. The molecule has 106 valence electrons. The smallest absolute Gasteiger partial charge is 0.238 e. The van der Waals surface area contributed by atoms with Gasteiger partial charge in [0.05, 0.1) is 4.90 Å². The number of sulfonamides is 1. The van der Waals surface area contributed by atoms with Crippen LogP contribution in [0.3, 0.4) is 0 Å². The molecule has 4 nitrogen and oxygen atoms in total. The van der Waals surface area contributed by atoms with Crippen LogP contribution in [0.15, 0.2) is 53.4 Å². The highest BCUT2D eigenvalue weighted by atomic mass is 32.2. The molecule has 0 aliphatic carbocycles. The molecule has 6 heteroatoms. The van der Waals surface area contributed by atoms with E-state index in [1.165, 1.54) is 18.2 Å². The van der Waals surface area contributed by atoms with E-state index in [-0.39, 0.29) is 10.7 Å². The lowest BCUT2D eigenvalue weighted by Crippen LogP contribution is -2.15. The summed E-state index contributed by atoms with van der Waals surface area (Å²) >= 11 is 0. The molecule has 0 atom stereocenters. The second kappa shape index (κ2) is 6.13. The molecule has 0 fully saturated rings. The number of rotatable bonds is 5. The maximum Gasteiger partial charge on any atom is 0.238 e. The zero-order valence-electron chi connectivity index (χ0n) is 10.7. The van der Waals surface area contributed by atoms with Crippen LogP contribution in [-0.2, 0) is 23.1 Å². The first-order chi connectivity index (χ1) is 9.47. The van der Waals surface area contributed by atoms with Crippen molar-refractivity contribution < 1.29 is 12.8 Å². The number of halogens is 1. The van der Waals surface area contributed by atoms with Crippen molar-refractivity contribution in [2.75, 3.05) is 0 Å². The van der Waals surface area contributed by atoms with Gasteiger partial charge in [0.1, 0.15) is 5.82 Å². The quantitative estimate of drug-likeness (QED) is 0.882. The lowest BCUT2D eigenvalue weighted by Gasteiger charge is -2.07. The van der Waals surface area contributed by atoms with Crippen molar-refractivity contribution in [3.8, 4) is 0 Å². The van der Waals surface area contributed by atoms with Gasteiger partial charge in [-0.05, 0) is 23.8 Å². The molecule has 0 aliphatic rings. The van der Waals surface area contributed by atoms with Crippen LogP contribution in [-0.4, -0.2) is 8.42 Å².